The maximum Gasteiger partial charge on any atom is 0.0841 e. The monoisotopic (exact) mass is 352 g/mol. The highest BCUT2D eigenvalue weighted by atomic mass is 16.6. The minimum atomic E-state index is -0.00541. The lowest BCUT2D eigenvalue weighted by molar-refractivity contribution is -0.0526. The third kappa shape index (κ3) is 4.50. The number of rotatable bonds is 6. The van der Waals surface area contributed by atoms with E-state index in [1.165, 1.54) is 18.5 Å². The van der Waals surface area contributed by atoms with Crippen molar-refractivity contribution in [2.45, 2.75) is 44.0 Å². The summed E-state index contributed by atoms with van der Waals surface area (Å²) in [6, 6.07) is 14.8. The molecule has 0 bridgehead atoms. The van der Waals surface area contributed by atoms with Gasteiger partial charge in [0.25, 0.3) is 0 Å². The molecular weight excluding hydrogens is 324 g/mol. The molecule has 2 aliphatic heterocycles. The molecule has 2 aromatic rings. The fourth-order valence-electron chi connectivity index (χ4n) is 4.20. The second kappa shape index (κ2) is 8.30. The summed E-state index contributed by atoms with van der Waals surface area (Å²) in [5, 5.41) is 0. The van der Waals surface area contributed by atoms with Gasteiger partial charge in [0.15, 0.2) is 0 Å². The fraction of sp³-hybridized carbons (Fsp3) is 0.500. The standard InChI is InChI=1S/C22H28N2O2/c1-2-6-19(7-3-1)9-13-24-12-5-10-22(18-24)14-21(17-26-22)25-16-20-8-4-11-23-15-20/h1-4,6-8,11,15,21H,5,9-10,12-14,16-18H2/t21-,22+/m1/s1. The van der Waals surface area contributed by atoms with Gasteiger partial charge in [-0.25, -0.2) is 0 Å². The van der Waals surface area contributed by atoms with Crippen LogP contribution < -0.4 is 0 Å². The van der Waals surface area contributed by atoms with Gasteiger partial charge in [-0.2, -0.15) is 0 Å². The average molecular weight is 352 g/mol. The van der Waals surface area contributed by atoms with Gasteiger partial charge in [0.05, 0.1) is 24.9 Å². The molecule has 0 radical (unpaired) electrons. The van der Waals surface area contributed by atoms with E-state index in [0.29, 0.717) is 13.2 Å². The van der Waals surface area contributed by atoms with E-state index >= 15 is 0 Å². The van der Waals surface area contributed by atoms with Crippen molar-refractivity contribution in [3.8, 4) is 0 Å². The highest BCUT2D eigenvalue weighted by Crippen LogP contribution is 2.36. The summed E-state index contributed by atoms with van der Waals surface area (Å²) in [5.41, 5.74) is 2.54. The van der Waals surface area contributed by atoms with E-state index in [4.69, 9.17) is 9.47 Å². The fourth-order valence-corrected chi connectivity index (χ4v) is 4.20. The molecule has 26 heavy (non-hydrogen) atoms. The number of nitrogens with zero attached hydrogens (tertiary/aromatic N) is 2. The lowest BCUT2D eigenvalue weighted by atomic mass is 9.89. The Kier molecular flexibility index (Phi) is 5.63. The van der Waals surface area contributed by atoms with Crippen molar-refractivity contribution in [3.63, 3.8) is 0 Å². The van der Waals surface area contributed by atoms with Crippen molar-refractivity contribution in [2.24, 2.45) is 0 Å². The van der Waals surface area contributed by atoms with Crippen LogP contribution in [0.2, 0.25) is 0 Å². The number of likely N-dealkylation sites (tertiary alicyclic amines) is 1. The van der Waals surface area contributed by atoms with Gasteiger partial charge < -0.3 is 14.4 Å². The predicted molar refractivity (Wildman–Crippen MR) is 102 cm³/mol. The van der Waals surface area contributed by atoms with Gasteiger partial charge in [0.1, 0.15) is 0 Å². The Balaban J connectivity index is 1.27. The molecule has 0 amide bonds. The summed E-state index contributed by atoms with van der Waals surface area (Å²) in [7, 11) is 0. The Morgan fingerprint density at radius 3 is 2.88 bits per heavy atom. The number of hydrogen-bond acceptors (Lipinski definition) is 4. The number of benzene rings is 1. The third-order valence-electron chi connectivity index (χ3n) is 5.56. The first kappa shape index (κ1) is 17.7. The molecule has 1 spiro atoms. The molecule has 3 heterocycles. The molecule has 138 valence electrons. The molecule has 2 aliphatic rings. The summed E-state index contributed by atoms with van der Waals surface area (Å²) in [4.78, 5) is 6.72. The SMILES string of the molecule is c1ccc(CCN2CCC[C@]3(C[C@@H](OCc4cccnc4)CO3)C2)cc1. The maximum absolute atomic E-state index is 6.28. The van der Waals surface area contributed by atoms with Gasteiger partial charge in [-0.1, -0.05) is 36.4 Å². The van der Waals surface area contributed by atoms with E-state index in [0.717, 1.165) is 37.9 Å². The quantitative estimate of drug-likeness (QED) is 0.797. The van der Waals surface area contributed by atoms with Crippen LogP contribution in [0.3, 0.4) is 0 Å². The first-order chi connectivity index (χ1) is 12.8. The predicted octanol–water partition coefficient (Wildman–Crippen LogP) is 3.46. The van der Waals surface area contributed by atoms with Crippen molar-refractivity contribution in [3.05, 3.63) is 66.0 Å². The van der Waals surface area contributed by atoms with Crippen molar-refractivity contribution in [1.29, 1.82) is 0 Å². The second-order valence-electron chi connectivity index (χ2n) is 7.61. The van der Waals surface area contributed by atoms with Gasteiger partial charge >= 0.3 is 0 Å². The summed E-state index contributed by atoms with van der Waals surface area (Å²) >= 11 is 0. The molecular formula is C22H28N2O2. The molecule has 0 saturated carbocycles. The van der Waals surface area contributed by atoms with Crippen LogP contribution >= 0.6 is 0 Å². The number of ether oxygens (including phenoxy) is 2. The molecule has 0 unspecified atom stereocenters. The zero-order valence-electron chi connectivity index (χ0n) is 15.3. The smallest absolute Gasteiger partial charge is 0.0841 e. The van der Waals surface area contributed by atoms with E-state index in [2.05, 4.69) is 46.3 Å². The summed E-state index contributed by atoms with van der Waals surface area (Å²) < 4.78 is 12.4. The van der Waals surface area contributed by atoms with Gasteiger partial charge in [-0.05, 0) is 43.0 Å². The van der Waals surface area contributed by atoms with Crippen LogP contribution in [0.5, 0.6) is 0 Å². The minimum absolute atomic E-state index is 0.00541. The number of hydrogen-bond donors (Lipinski definition) is 0. The minimum Gasteiger partial charge on any atom is -0.371 e. The topological polar surface area (TPSA) is 34.6 Å². The number of aromatic nitrogens is 1. The van der Waals surface area contributed by atoms with E-state index in [9.17, 15) is 0 Å². The highest BCUT2D eigenvalue weighted by Gasteiger charge is 2.43. The molecule has 4 rings (SSSR count). The summed E-state index contributed by atoms with van der Waals surface area (Å²) in [5.74, 6) is 0. The van der Waals surface area contributed by atoms with Gasteiger partial charge in [-0.15, -0.1) is 0 Å². The van der Waals surface area contributed by atoms with Crippen LogP contribution in [0, 0.1) is 0 Å². The maximum atomic E-state index is 6.28. The molecule has 1 aromatic carbocycles. The molecule has 2 saturated heterocycles. The summed E-state index contributed by atoms with van der Waals surface area (Å²) in [6.07, 6.45) is 8.35. The molecule has 4 nitrogen and oxygen atoms in total. The van der Waals surface area contributed by atoms with Gasteiger partial charge in [0.2, 0.25) is 0 Å². The Hall–Kier alpha value is -1.75. The average Bonchev–Trinajstić information content (AvgIpc) is 3.08. The largest absolute Gasteiger partial charge is 0.371 e. The number of pyridine rings is 1. The molecule has 0 aliphatic carbocycles. The Labute approximate surface area is 156 Å². The van der Waals surface area contributed by atoms with E-state index in [-0.39, 0.29) is 11.7 Å². The van der Waals surface area contributed by atoms with Crippen LogP contribution in [-0.2, 0) is 22.5 Å². The molecule has 1 aromatic heterocycles. The van der Waals surface area contributed by atoms with Crippen LogP contribution in [0.4, 0.5) is 0 Å². The lowest BCUT2D eigenvalue weighted by Crippen LogP contribution is -2.48. The highest BCUT2D eigenvalue weighted by molar-refractivity contribution is 5.15. The van der Waals surface area contributed by atoms with Crippen LogP contribution in [0.1, 0.15) is 30.4 Å². The van der Waals surface area contributed by atoms with E-state index in [1.54, 1.807) is 6.20 Å². The van der Waals surface area contributed by atoms with Gasteiger partial charge in [-0.3, -0.25) is 4.98 Å². The lowest BCUT2D eigenvalue weighted by Gasteiger charge is -2.39. The van der Waals surface area contributed by atoms with Crippen LogP contribution in [-0.4, -0.2) is 47.8 Å². The summed E-state index contributed by atoms with van der Waals surface area (Å²) in [6.45, 7) is 4.66. The Morgan fingerprint density at radius 2 is 2.04 bits per heavy atom. The Bertz CT molecular complexity index is 679. The zero-order valence-corrected chi connectivity index (χ0v) is 15.3. The van der Waals surface area contributed by atoms with Crippen molar-refractivity contribution in [2.75, 3.05) is 26.2 Å². The third-order valence-corrected chi connectivity index (χ3v) is 5.56. The first-order valence-electron chi connectivity index (χ1n) is 9.72. The molecule has 4 heteroatoms. The van der Waals surface area contributed by atoms with Crippen LogP contribution in [0.15, 0.2) is 54.9 Å². The normalized spacial score (nSPS) is 26.4. The van der Waals surface area contributed by atoms with Crippen molar-refractivity contribution >= 4 is 0 Å². The molecule has 0 N–H and O–H groups in total. The van der Waals surface area contributed by atoms with Gasteiger partial charge in [0, 0.05) is 31.9 Å². The molecule has 2 atom stereocenters. The van der Waals surface area contributed by atoms with Crippen molar-refractivity contribution in [1.82, 2.24) is 9.88 Å². The zero-order chi connectivity index (χ0) is 17.7. The Morgan fingerprint density at radius 1 is 1.15 bits per heavy atom. The van der Waals surface area contributed by atoms with Crippen molar-refractivity contribution < 1.29 is 9.47 Å². The first-order valence-corrected chi connectivity index (χ1v) is 9.72. The second-order valence-corrected chi connectivity index (χ2v) is 7.61. The van der Waals surface area contributed by atoms with Crippen LogP contribution in [0.25, 0.3) is 0 Å². The number of piperidine rings is 1. The van der Waals surface area contributed by atoms with E-state index in [1.807, 2.05) is 12.3 Å². The molecule has 2 fully saturated rings. The van der Waals surface area contributed by atoms with E-state index < -0.39 is 0 Å².